The summed E-state index contributed by atoms with van der Waals surface area (Å²) in [5, 5.41) is 0.815. The molecule has 0 aliphatic carbocycles. The highest BCUT2D eigenvalue weighted by molar-refractivity contribution is 5.83. The van der Waals surface area contributed by atoms with Gasteiger partial charge in [-0.15, -0.1) is 0 Å². The van der Waals surface area contributed by atoms with E-state index in [1.807, 2.05) is 0 Å². The second-order valence-corrected chi connectivity index (χ2v) is 4.20. The van der Waals surface area contributed by atoms with E-state index in [-0.39, 0.29) is 0 Å². The van der Waals surface area contributed by atoms with Gasteiger partial charge < -0.3 is 4.42 Å². The van der Waals surface area contributed by atoms with E-state index in [0.29, 0.717) is 16.7 Å². The predicted octanol–water partition coefficient (Wildman–Crippen LogP) is 4.92. The Labute approximate surface area is 107 Å². The zero-order chi connectivity index (χ0) is 13.5. The van der Waals surface area contributed by atoms with Gasteiger partial charge in [0.15, 0.2) is 6.26 Å². The number of hydrogen-bond acceptors (Lipinski definition) is 1. The minimum absolute atomic E-state index is 0.526. The van der Waals surface area contributed by atoms with E-state index in [2.05, 4.69) is 6.26 Å². The van der Waals surface area contributed by atoms with Crippen molar-refractivity contribution in [3.05, 3.63) is 60.4 Å². The zero-order valence-electron chi connectivity index (χ0n) is 9.66. The predicted molar refractivity (Wildman–Crippen MR) is 65.5 cm³/mol. The van der Waals surface area contributed by atoms with Gasteiger partial charge in [0.1, 0.15) is 5.58 Å². The summed E-state index contributed by atoms with van der Waals surface area (Å²) in [6, 6.07) is 12.2. The Hall–Kier alpha value is -2.23. The van der Waals surface area contributed by atoms with Gasteiger partial charge in [-0.3, -0.25) is 0 Å². The molecule has 19 heavy (non-hydrogen) atoms. The third-order valence-corrected chi connectivity index (χ3v) is 2.92. The highest BCUT2D eigenvalue weighted by atomic mass is 19.4. The summed E-state index contributed by atoms with van der Waals surface area (Å²) in [4.78, 5) is 0. The van der Waals surface area contributed by atoms with Crippen molar-refractivity contribution in [2.45, 2.75) is 6.18 Å². The van der Waals surface area contributed by atoms with E-state index in [9.17, 15) is 13.2 Å². The van der Waals surface area contributed by atoms with Crippen LogP contribution in [0.3, 0.4) is 0 Å². The van der Waals surface area contributed by atoms with Crippen molar-refractivity contribution < 1.29 is 17.6 Å². The fourth-order valence-corrected chi connectivity index (χ4v) is 1.97. The van der Waals surface area contributed by atoms with Crippen molar-refractivity contribution in [1.82, 2.24) is 0 Å². The second-order valence-electron chi connectivity index (χ2n) is 4.20. The molecule has 0 saturated carbocycles. The molecule has 0 fully saturated rings. The van der Waals surface area contributed by atoms with Crippen LogP contribution in [0.1, 0.15) is 5.56 Å². The van der Waals surface area contributed by atoms with E-state index >= 15 is 0 Å². The van der Waals surface area contributed by atoms with Crippen molar-refractivity contribution in [1.29, 1.82) is 0 Å². The fourth-order valence-electron chi connectivity index (χ4n) is 1.97. The molecule has 0 atom stereocenters. The van der Waals surface area contributed by atoms with Gasteiger partial charge in [-0.1, -0.05) is 18.2 Å². The molecule has 1 aromatic heterocycles. The first-order valence-corrected chi connectivity index (χ1v) is 5.61. The molecule has 4 heteroatoms. The summed E-state index contributed by atoms with van der Waals surface area (Å²) >= 11 is 0. The summed E-state index contributed by atoms with van der Waals surface area (Å²) < 4.78 is 43.1. The van der Waals surface area contributed by atoms with Crippen LogP contribution in [0.5, 0.6) is 0 Å². The number of alkyl halides is 3. The van der Waals surface area contributed by atoms with Crippen LogP contribution in [-0.4, -0.2) is 0 Å². The molecule has 95 valence electrons. The van der Waals surface area contributed by atoms with Crippen molar-refractivity contribution in [3.8, 4) is 11.1 Å². The number of benzene rings is 2. The molecule has 0 amide bonds. The third kappa shape index (κ3) is 2.21. The smallest absolute Gasteiger partial charge is 0.416 e. The molecule has 0 spiro atoms. The lowest BCUT2D eigenvalue weighted by atomic mass is 10.0. The molecule has 1 heterocycles. The third-order valence-electron chi connectivity index (χ3n) is 2.92. The SMILES string of the molecule is FC(F)(F)c1cccc(-c2ccc3o[c]cc3c2)c1. The minimum atomic E-state index is -4.33. The number of halogens is 3. The van der Waals surface area contributed by atoms with Crippen molar-refractivity contribution in [2.24, 2.45) is 0 Å². The number of rotatable bonds is 1. The molecule has 1 nitrogen and oxygen atoms in total. The highest BCUT2D eigenvalue weighted by Gasteiger charge is 2.30. The molecule has 0 unspecified atom stereocenters. The highest BCUT2D eigenvalue weighted by Crippen LogP contribution is 2.33. The number of furan rings is 1. The lowest BCUT2D eigenvalue weighted by molar-refractivity contribution is -0.137. The largest absolute Gasteiger partial charge is 0.453 e. The van der Waals surface area contributed by atoms with Crippen LogP contribution >= 0.6 is 0 Å². The van der Waals surface area contributed by atoms with Crippen LogP contribution in [0.15, 0.2) is 52.9 Å². The zero-order valence-corrected chi connectivity index (χ0v) is 9.66. The fraction of sp³-hybridized carbons (Fsp3) is 0.0667. The molecule has 0 N–H and O–H groups in total. The topological polar surface area (TPSA) is 13.1 Å². The lowest BCUT2D eigenvalue weighted by Crippen LogP contribution is -2.04. The van der Waals surface area contributed by atoms with Crippen molar-refractivity contribution in [2.75, 3.05) is 0 Å². The first kappa shape index (κ1) is 11.8. The van der Waals surface area contributed by atoms with Crippen LogP contribution in [0, 0.1) is 6.26 Å². The van der Waals surface area contributed by atoms with Gasteiger partial charge in [-0.25, -0.2) is 0 Å². The summed E-state index contributed by atoms with van der Waals surface area (Å²) in [6.45, 7) is 0. The molecular formula is C15H8F3O. The average Bonchev–Trinajstić information content (AvgIpc) is 2.85. The first-order valence-electron chi connectivity index (χ1n) is 5.61. The van der Waals surface area contributed by atoms with E-state index in [1.165, 1.54) is 6.07 Å². The average molecular weight is 261 g/mol. The molecule has 1 radical (unpaired) electrons. The van der Waals surface area contributed by atoms with Gasteiger partial charge in [-0.2, -0.15) is 13.2 Å². The summed E-state index contributed by atoms with van der Waals surface area (Å²) in [5.74, 6) is 0. The van der Waals surface area contributed by atoms with Crippen LogP contribution in [-0.2, 0) is 6.18 Å². The molecule has 3 aromatic rings. The van der Waals surface area contributed by atoms with E-state index in [0.717, 1.165) is 17.5 Å². The number of hydrogen-bond donors (Lipinski definition) is 0. The maximum atomic E-state index is 12.7. The van der Waals surface area contributed by atoms with Crippen LogP contribution in [0.25, 0.3) is 22.1 Å². The summed E-state index contributed by atoms with van der Waals surface area (Å²) in [7, 11) is 0. The van der Waals surface area contributed by atoms with E-state index < -0.39 is 11.7 Å². The molecule has 3 rings (SSSR count). The van der Waals surface area contributed by atoms with Crippen LogP contribution < -0.4 is 0 Å². The first-order chi connectivity index (χ1) is 9.04. The Kier molecular flexibility index (Phi) is 2.59. The van der Waals surface area contributed by atoms with Crippen molar-refractivity contribution in [3.63, 3.8) is 0 Å². The van der Waals surface area contributed by atoms with Gasteiger partial charge in [0, 0.05) is 5.39 Å². The van der Waals surface area contributed by atoms with Crippen LogP contribution in [0.4, 0.5) is 13.2 Å². The second kappa shape index (κ2) is 4.16. The lowest BCUT2D eigenvalue weighted by Gasteiger charge is -2.08. The van der Waals surface area contributed by atoms with Gasteiger partial charge in [-0.05, 0) is 41.5 Å². The van der Waals surface area contributed by atoms with Crippen molar-refractivity contribution >= 4 is 11.0 Å². The van der Waals surface area contributed by atoms with Gasteiger partial charge >= 0.3 is 6.18 Å². The van der Waals surface area contributed by atoms with Gasteiger partial charge in [0.2, 0.25) is 0 Å². The summed E-state index contributed by atoms with van der Waals surface area (Å²) in [5.41, 5.74) is 1.26. The Morgan fingerprint density at radius 1 is 0.947 bits per heavy atom. The Bertz CT molecular complexity index is 725. The maximum Gasteiger partial charge on any atom is 0.416 e. The minimum Gasteiger partial charge on any atom is -0.453 e. The molecule has 0 bridgehead atoms. The normalized spacial score (nSPS) is 11.9. The van der Waals surface area contributed by atoms with Gasteiger partial charge in [0.25, 0.3) is 0 Å². The monoisotopic (exact) mass is 261 g/mol. The molecule has 0 aliphatic heterocycles. The van der Waals surface area contributed by atoms with E-state index in [4.69, 9.17) is 4.42 Å². The van der Waals surface area contributed by atoms with E-state index in [1.54, 1.807) is 30.3 Å². The number of fused-ring (bicyclic) bond motifs is 1. The summed E-state index contributed by atoms with van der Waals surface area (Å²) in [6.07, 6.45) is -1.73. The Balaban J connectivity index is 2.10. The van der Waals surface area contributed by atoms with Gasteiger partial charge in [0.05, 0.1) is 5.56 Å². The Morgan fingerprint density at radius 3 is 2.53 bits per heavy atom. The molecular weight excluding hydrogens is 253 g/mol. The Morgan fingerprint density at radius 2 is 1.74 bits per heavy atom. The quantitative estimate of drug-likeness (QED) is 0.606. The van der Waals surface area contributed by atoms with Crippen LogP contribution in [0.2, 0.25) is 0 Å². The maximum absolute atomic E-state index is 12.7. The molecule has 2 aromatic carbocycles. The standard InChI is InChI=1S/C15H8F3O/c16-15(17,18)13-3-1-2-10(9-13)11-4-5-14-12(8-11)6-7-19-14/h1-6,8-9H. The molecule has 0 aliphatic rings. The molecule has 0 saturated heterocycles.